The molecule has 0 aromatic heterocycles. The largest absolute Gasteiger partial charge is 0.372 e. The van der Waals surface area contributed by atoms with Crippen LogP contribution < -0.4 is 0 Å². The Balaban J connectivity index is 2.12. The van der Waals surface area contributed by atoms with E-state index in [0.29, 0.717) is 6.42 Å². The van der Waals surface area contributed by atoms with Gasteiger partial charge in [0.2, 0.25) is 0 Å². The van der Waals surface area contributed by atoms with Crippen molar-refractivity contribution in [1.29, 1.82) is 0 Å². The maximum atomic E-state index is 13.6. The third-order valence-electron chi connectivity index (χ3n) is 2.84. The number of hydrogen-bond donors (Lipinski definition) is 0. The topological polar surface area (TPSA) is 12.5 Å². The van der Waals surface area contributed by atoms with Gasteiger partial charge in [-0.15, -0.1) is 0 Å². The summed E-state index contributed by atoms with van der Waals surface area (Å²) in [7, 11) is 0. The summed E-state index contributed by atoms with van der Waals surface area (Å²) in [6, 6.07) is 0. The van der Waals surface area contributed by atoms with Crippen LogP contribution in [0.25, 0.3) is 0 Å². The molecule has 0 saturated carbocycles. The van der Waals surface area contributed by atoms with Crippen molar-refractivity contribution >= 4 is 0 Å². The molecule has 0 aromatic carbocycles. The lowest BCUT2D eigenvalue weighted by molar-refractivity contribution is -0.0574. The Kier molecular flexibility index (Phi) is 3.10. The van der Waals surface area contributed by atoms with E-state index in [0.717, 1.165) is 25.2 Å². The molecule has 1 fully saturated rings. The van der Waals surface area contributed by atoms with Gasteiger partial charge >= 0.3 is 0 Å². The Morgan fingerprint density at radius 3 is 2.60 bits per heavy atom. The summed E-state index contributed by atoms with van der Waals surface area (Å²) in [4.78, 5) is 2.10. The number of morpholine rings is 1. The molecule has 1 saturated heterocycles. The summed E-state index contributed by atoms with van der Waals surface area (Å²) in [5.74, 6) is 0.0267. The first-order valence-electron chi connectivity index (χ1n) is 5.62. The lowest BCUT2D eigenvalue weighted by atomic mass is 10.1. The Labute approximate surface area is 90.4 Å². The van der Waals surface area contributed by atoms with E-state index in [4.69, 9.17) is 4.74 Å². The Hall–Kier alpha value is -0.830. The third kappa shape index (κ3) is 2.40. The summed E-state index contributed by atoms with van der Waals surface area (Å²) < 4.78 is 19.3. The minimum Gasteiger partial charge on any atom is -0.372 e. The van der Waals surface area contributed by atoms with Crippen LogP contribution in [0.2, 0.25) is 0 Å². The van der Waals surface area contributed by atoms with Gasteiger partial charge in [0.05, 0.1) is 17.9 Å². The second-order valence-electron chi connectivity index (χ2n) is 4.39. The number of hydrogen-bond acceptors (Lipinski definition) is 2. The second kappa shape index (κ2) is 4.35. The zero-order valence-electron chi connectivity index (χ0n) is 9.37. The lowest BCUT2D eigenvalue weighted by Gasteiger charge is -2.38. The first-order chi connectivity index (χ1) is 7.16. The maximum absolute atomic E-state index is 13.6. The van der Waals surface area contributed by atoms with Gasteiger partial charge in [-0.2, -0.15) is 0 Å². The fourth-order valence-electron chi connectivity index (χ4n) is 2.28. The van der Waals surface area contributed by atoms with Crippen LogP contribution in [0.1, 0.15) is 26.7 Å². The van der Waals surface area contributed by atoms with E-state index < -0.39 is 0 Å². The molecule has 1 aliphatic carbocycles. The second-order valence-corrected chi connectivity index (χ2v) is 4.39. The first kappa shape index (κ1) is 10.7. The van der Waals surface area contributed by atoms with E-state index in [1.165, 1.54) is 0 Å². The Bertz CT molecular complexity index is 288. The van der Waals surface area contributed by atoms with Crippen LogP contribution in [0.15, 0.2) is 23.7 Å². The number of halogens is 1. The van der Waals surface area contributed by atoms with Crippen molar-refractivity contribution in [1.82, 2.24) is 4.90 Å². The number of nitrogens with zero attached hydrogens (tertiary/aromatic N) is 1. The van der Waals surface area contributed by atoms with Crippen molar-refractivity contribution in [3.8, 4) is 0 Å². The van der Waals surface area contributed by atoms with Crippen LogP contribution in [0.5, 0.6) is 0 Å². The average Bonchev–Trinajstić information content (AvgIpc) is 2.16. The highest BCUT2D eigenvalue weighted by molar-refractivity contribution is 5.25. The van der Waals surface area contributed by atoms with E-state index in [2.05, 4.69) is 4.90 Å². The van der Waals surface area contributed by atoms with E-state index in [1.807, 2.05) is 26.0 Å². The van der Waals surface area contributed by atoms with Gasteiger partial charge in [0.1, 0.15) is 5.83 Å². The van der Waals surface area contributed by atoms with E-state index in [1.54, 1.807) is 0 Å². The molecule has 2 aliphatic rings. The van der Waals surface area contributed by atoms with Crippen LogP contribution >= 0.6 is 0 Å². The summed E-state index contributed by atoms with van der Waals surface area (Å²) in [6.07, 6.45) is 5.69. The molecule has 0 radical (unpaired) electrons. The molecule has 0 amide bonds. The first-order valence-corrected chi connectivity index (χ1v) is 5.62. The monoisotopic (exact) mass is 211 g/mol. The van der Waals surface area contributed by atoms with Crippen molar-refractivity contribution in [3.63, 3.8) is 0 Å². The fraction of sp³-hybridized carbons (Fsp3) is 0.667. The highest BCUT2D eigenvalue weighted by atomic mass is 19.1. The van der Waals surface area contributed by atoms with E-state index in [9.17, 15) is 4.39 Å². The van der Waals surface area contributed by atoms with Crippen LogP contribution in [-0.4, -0.2) is 30.2 Å². The molecular formula is C12H18FNO. The highest BCUT2D eigenvalue weighted by Gasteiger charge is 2.25. The van der Waals surface area contributed by atoms with Crippen molar-refractivity contribution in [2.45, 2.75) is 38.9 Å². The molecule has 2 atom stereocenters. The van der Waals surface area contributed by atoms with Gasteiger partial charge in [-0.25, -0.2) is 4.39 Å². The third-order valence-corrected chi connectivity index (χ3v) is 2.84. The average molecular weight is 211 g/mol. The zero-order chi connectivity index (χ0) is 10.8. The normalized spacial score (nSPS) is 32.3. The van der Waals surface area contributed by atoms with Gasteiger partial charge in [-0.1, -0.05) is 6.08 Å². The van der Waals surface area contributed by atoms with Crippen LogP contribution in [-0.2, 0) is 4.74 Å². The van der Waals surface area contributed by atoms with Crippen molar-refractivity contribution in [2.75, 3.05) is 13.1 Å². The van der Waals surface area contributed by atoms with Crippen molar-refractivity contribution in [3.05, 3.63) is 23.7 Å². The summed E-state index contributed by atoms with van der Waals surface area (Å²) >= 11 is 0. The van der Waals surface area contributed by atoms with Crippen LogP contribution in [0, 0.1) is 0 Å². The molecule has 1 heterocycles. The van der Waals surface area contributed by atoms with E-state index >= 15 is 0 Å². The van der Waals surface area contributed by atoms with Crippen molar-refractivity contribution in [2.24, 2.45) is 0 Å². The molecule has 2 nitrogen and oxygen atoms in total. The minimum absolute atomic E-state index is 0.0267. The summed E-state index contributed by atoms with van der Waals surface area (Å²) in [5.41, 5.74) is 0.767. The quantitative estimate of drug-likeness (QED) is 0.661. The Morgan fingerprint density at radius 2 is 2.00 bits per heavy atom. The number of ether oxygens (including phenoxy) is 1. The molecule has 0 unspecified atom stereocenters. The maximum Gasteiger partial charge on any atom is 0.123 e. The molecule has 0 N–H and O–H groups in total. The van der Waals surface area contributed by atoms with Gasteiger partial charge in [-0.3, -0.25) is 0 Å². The predicted octanol–water partition coefficient (Wildman–Crippen LogP) is 2.63. The SMILES string of the molecule is C[C@@H]1CN(C2=C(F)CCC=C2)C[C@H](C)O1. The van der Waals surface area contributed by atoms with E-state index in [-0.39, 0.29) is 18.0 Å². The molecular weight excluding hydrogens is 193 g/mol. The van der Waals surface area contributed by atoms with Gasteiger partial charge in [0.25, 0.3) is 0 Å². The van der Waals surface area contributed by atoms with Gasteiger partial charge in [-0.05, 0) is 26.3 Å². The van der Waals surface area contributed by atoms with Gasteiger partial charge in [0, 0.05) is 19.5 Å². The fourth-order valence-corrected chi connectivity index (χ4v) is 2.28. The minimum atomic E-state index is 0.0267. The summed E-state index contributed by atoms with van der Waals surface area (Å²) in [6.45, 7) is 5.65. The van der Waals surface area contributed by atoms with Crippen LogP contribution in [0.4, 0.5) is 4.39 Å². The lowest BCUT2D eigenvalue weighted by Crippen LogP contribution is -2.44. The highest BCUT2D eigenvalue weighted by Crippen LogP contribution is 2.25. The Morgan fingerprint density at radius 1 is 1.33 bits per heavy atom. The van der Waals surface area contributed by atoms with Gasteiger partial charge < -0.3 is 9.64 Å². The molecule has 15 heavy (non-hydrogen) atoms. The molecule has 3 heteroatoms. The summed E-state index contributed by atoms with van der Waals surface area (Å²) in [5, 5.41) is 0. The number of rotatable bonds is 1. The molecule has 0 bridgehead atoms. The molecule has 1 aliphatic heterocycles. The molecule has 84 valence electrons. The molecule has 2 rings (SSSR count). The zero-order valence-corrected chi connectivity index (χ0v) is 9.37. The number of allylic oxidation sites excluding steroid dienone is 3. The molecule has 0 spiro atoms. The smallest absolute Gasteiger partial charge is 0.123 e. The standard InChI is InChI=1S/C12H18FNO/c1-9-7-14(8-10(2)15-9)12-6-4-3-5-11(12)13/h4,6,9-10H,3,5,7-8H2,1-2H3/t9-,10+. The van der Waals surface area contributed by atoms with Crippen molar-refractivity contribution < 1.29 is 9.13 Å². The predicted molar refractivity (Wildman–Crippen MR) is 58.1 cm³/mol. The molecule has 0 aromatic rings. The van der Waals surface area contributed by atoms with Gasteiger partial charge in [0.15, 0.2) is 0 Å². The van der Waals surface area contributed by atoms with Crippen LogP contribution in [0.3, 0.4) is 0 Å².